The number of rotatable bonds is 4. The summed E-state index contributed by atoms with van der Waals surface area (Å²) in [4.78, 5) is 15.0. The SMILES string of the molecule is CCCN(C(=O)C1CC2CCCC(C1)C2N)C1CCS(=O)(=O)C1. The number of nitrogens with two attached hydrogens (primary N) is 1. The molecule has 2 N–H and O–H groups in total. The number of hydrogen-bond donors (Lipinski definition) is 1. The molecule has 0 radical (unpaired) electrons. The number of amides is 1. The fourth-order valence-corrected chi connectivity index (χ4v) is 6.69. The average molecular weight is 343 g/mol. The Hall–Kier alpha value is -0.620. The van der Waals surface area contributed by atoms with Crippen molar-refractivity contribution < 1.29 is 13.2 Å². The predicted molar refractivity (Wildman–Crippen MR) is 90.6 cm³/mol. The molecule has 1 aliphatic heterocycles. The van der Waals surface area contributed by atoms with Crippen LogP contribution < -0.4 is 5.73 Å². The van der Waals surface area contributed by atoms with Gasteiger partial charge in [0.25, 0.3) is 0 Å². The van der Waals surface area contributed by atoms with Gasteiger partial charge in [-0.05, 0) is 50.4 Å². The number of carbonyl (C=O) groups is 1. The zero-order valence-electron chi connectivity index (χ0n) is 14.1. The van der Waals surface area contributed by atoms with Crippen LogP contribution in [0, 0.1) is 17.8 Å². The largest absolute Gasteiger partial charge is 0.338 e. The number of hydrogen-bond acceptors (Lipinski definition) is 4. The highest BCUT2D eigenvalue weighted by atomic mass is 32.2. The fourth-order valence-electron chi connectivity index (χ4n) is 4.96. The molecule has 5 nitrogen and oxygen atoms in total. The van der Waals surface area contributed by atoms with Gasteiger partial charge in [-0.2, -0.15) is 0 Å². The van der Waals surface area contributed by atoms with Gasteiger partial charge in [-0.15, -0.1) is 0 Å². The van der Waals surface area contributed by atoms with Crippen molar-refractivity contribution in [2.45, 2.75) is 64.0 Å². The van der Waals surface area contributed by atoms with E-state index in [0.29, 0.717) is 24.8 Å². The lowest BCUT2D eigenvalue weighted by molar-refractivity contribution is -0.140. The van der Waals surface area contributed by atoms with Crippen LogP contribution in [0.25, 0.3) is 0 Å². The van der Waals surface area contributed by atoms with Crippen molar-refractivity contribution in [3.05, 3.63) is 0 Å². The van der Waals surface area contributed by atoms with Gasteiger partial charge in [0, 0.05) is 24.5 Å². The minimum atomic E-state index is -2.96. The van der Waals surface area contributed by atoms with Crippen LogP contribution in [0.1, 0.15) is 51.9 Å². The van der Waals surface area contributed by atoms with E-state index < -0.39 is 9.84 Å². The van der Waals surface area contributed by atoms with Gasteiger partial charge in [-0.3, -0.25) is 4.79 Å². The van der Waals surface area contributed by atoms with Crippen LogP contribution in [0.4, 0.5) is 0 Å². The first-order valence-corrected chi connectivity index (χ1v) is 11.0. The molecular formula is C17H30N2O3S. The molecule has 1 saturated heterocycles. The zero-order valence-corrected chi connectivity index (χ0v) is 14.9. The summed E-state index contributed by atoms with van der Waals surface area (Å²) in [7, 11) is -2.96. The molecule has 6 heteroatoms. The Morgan fingerprint density at radius 2 is 1.83 bits per heavy atom. The Morgan fingerprint density at radius 1 is 1.17 bits per heavy atom. The lowest BCUT2D eigenvalue weighted by Crippen LogP contribution is -2.51. The van der Waals surface area contributed by atoms with Crippen LogP contribution in [-0.2, 0) is 14.6 Å². The van der Waals surface area contributed by atoms with Crippen LogP contribution >= 0.6 is 0 Å². The molecule has 3 atom stereocenters. The highest BCUT2D eigenvalue weighted by Gasteiger charge is 2.43. The molecule has 0 aromatic carbocycles. The molecule has 1 amide bonds. The Morgan fingerprint density at radius 3 is 2.35 bits per heavy atom. The van der Waals surface area contributed by atoms with Gasteiger partial charge in [0.05, 0.1) is 11.5 Å². The minimum absolute atomic E-state index is 0.0555. The van der Waals surface area contributed by atoms with Gasteiger partial charge in [0.1, 0.15) is 0 Å². The normalized spacial score (nSPS) is 39.1. The maximum Gasteiger partial charge on any atom is 0.225 e. The topological polar surface area (TPSA) is 80.5 Å². The predicted octanol–water partition coefficient (Wildman–Crippen LogP) is 1.57. The Kier molecular flexibility index (Phi) is 5.02. The Balaban J connectivity index is 1.71. The maximum absolute atomic E-state index is 13.1. The average Bonchev–Trinajstić information content (AvgIpc) is 2.83. The summed E-state index contributed by atoms with van der Waals surface area (Å²) in [5, 5.41) is 0. The van der Waals surface area contributed by atoms with E-state index in [1.54, 1.807) is 0 Å². The molecule has 1 heterocycles. The molecule has 2 bridgehead atoms. The van der Waals surface area contributed by atoms with E-state index in [4.69, 9.17) is 5.73 Å². The summed E-state index contributed by atoms with van der Waals surface area (Å²) in [6, 6.07) is 0.155. The molecule has 0 aromatic heterocycles. The van der Waals surface area contributed by atoms with Gasteiger partial charge in [-0.25, -0.2) is 8.42 Å². The van der Waals surface area contributed by atoms with Crippen LogP contribution in [0.3, 0.4) is 0 Å². The van der Waals surface area contributed by atoms with Crippen LogP contribution in [0.5, 0.6) is 0 Å². The summed E-state index contributed by atoms with van der Waals surface area (Å²) >= 11 is 0. The summed E-state index contributed by atoms with van der Waals surface area (Å²) in [6.07, 6.45) is 6.81. The summed E-state index contributed by atoms with van der Waals surface area (Å²) in [6.45, 7) is 2.73. The van der Waals surface area contributed by atoms with Crippen molar-refractivity contribution in [2.75, 3.05) is 18.1 Å². The third kappa shape index (κ3) is 3.58. The lowest BCUT2D eigenvalue weighted by Gasteiger charge is -2.45. The molecule has 23 heavy (non-hydrogen) atoms. The van der Waals surface area contributed by atoms with E-state index in [9.17, 15) is 13.2 Å². The van der Waals surface area contributed by atoms with E-state index in [2.05, 4.69) is 6.92 Å². The van der Waals surface area contributed by atoms with Crippen molar-refractivity contribution in [3.63, 3.8) is 0 Å². The summed E-state index contributed by atoms with van der Waals surface area (Å²) in [5.41, 5.74) is 6.33. The first-order chi connectivity index (χ1) is 10.9. The number of fused-ring (bicyclic) bond motifs is 2. The summed E-state index contributed by atoms with van der Waals surface area (Å²) in [5.74, 6) is 1.58. The molecule has 0 spiro atoms. The van der Waals surface area contributed by atoms with Crippen molar-refractivity contribution in [1.82, 2.24) is 4.90 Å². The molecule has 3 rings (SSSR count). The second kappa shape index (κ2) is 6.71. The van der Waals surface area contributed by atoms with Crippen LogP contribution in [-0.4, -0.2) is 49.4 Å². The second-order valence-corrected chi connectivity index (χ2v) is 10.0. The standard InChI is InChI=1S/C17H30N2O3S/c1-2-7-19(15-6-8-23(21,22)11-15)17(20)14-9-12-4-3-5-13(10-14)16(12)18/h12-16H,2-11,18H2,1H3. The molecule has 2 saturated carbocycles. The van der Waals surface area contributed by atoms with E-state index >= 15 is 0 Å². The monoisotopic (exact) mass is 342 g/mol. The second-order valence-electron chi connectivity index (χ2n) is 7.79. The van der Waals surface area contributed by atoms with Crippen LogP contribution in [0.2, 0.25) is 0 Å². The van der Waals surface area contributed by atoms with Crippen molar-refractivity contribution in [3.8, 4) is 0 Å². The van der Waals surface area contributed by atoms with Gasteiger partial charge >= 0.3 is 0 Å². The van der Waals surface area contributed by atoms with E-state index in [1.807, 2.05) is 4.90 Å². The zero-order chi connectivity index (χ0) is 16.6. The fraction of sp³-hybridized carbons (Fsp3) is 0.941. The molecule has 3 unspecified atom stereocenters. The Bertz CT molecular complexity index is 534. The van der Waals surface area contributed by atoms with Crippen molar-refractivity contribution in [2.24, 2.45) is 23.5 Å². The van der Waals surface area contributed by atoms with Gasteiger partial charge < -0.3 is 10.6 Å². The molecule has 3 fully saturated rings. The lowest BCUT2D eigenvalue weighted by atomic mass is 9.65. The maximum atomic E-state index is 13.1. The Labute approximate surface area is 139 Å². The quantitative estimate of drug-likeness (QED) is 0.841. The van der Waals surface area contributed by atoms with Crippen LogP contribution in [0.15, 0.2) is 0 Å². The molecule has 3 aliphatic rings. The van der Waals surface area contributed by atoms with E-state index in [0.717, 1.165) is 32.1 Å². The van der Waals surface area contributed by atoms with Gasteiger partial charge in [0.15, 0.2) is 9.84 Å². The number of carbonyl (C=O) groups excluding carboxylic acids is 1. The third-order valence-corrected chi connectivity index (χ3v) is 7.91. The van der Waals surface area contributed by atoms with E-state index in [1.165, 1.54) is 6.42 Å². The van der Waals surface area contributed by atoms with Crippen molar-refractivity contribution in [1.29, 1.82) is 0 Å². The molecular weight excluding hydrogens is 312 g/mol. The first-order valence-electron chi connectivity index (χ1n) is 9.17. The van der Waals surface area contributed by atoms with Gasteiger partial charge in [0.2, 0.25) is 5.91 Å². The molecule has 132 valence electrons. The highest BCUT2D eigenvalue weighted by Crippen LogP contribution is 2.42. The smallest absolute Gasteiger partial charge is 0.225 e. The highest BCUT2D eigenvalue weighted by molar-refractivity contribution is 7.91. The van der Waals surface area contributed by atoms with E-state index in [-0.39, 0.29) is 35.4 Å². The number of nitrogens with zero attached hydrogens (tertiary/aromatic N) is 1. The molecule has 2 aliphatic carbocycles. The first kappa shape index (κ1) is 17.2. The van der Waals surface area contributed by atoms with Gasteiger partial charge in [-0.1, -0.05) is 13.3 Å². The molecule has 0 aromatic rings. The number of sulfone groups is 1. The van der Waals surface area contributed by atoms with Crippen molar-refractivity contribution >= 4 is 15.7 Å². The minimum Gasteiger partial charge on any atom is -0.338 e. The summed E-state index contributed by atoms with van der Waals surface area (Å²) < 4.78 is 23.6. The third-order valence-electron chi connectivity index (χ3n) is 6.16.